The van der Waals surface area contributed by atoms with Crippen molar-refractivity contribution in [3.8, 4) is 11.3 Å². The van der Waals surface area contributed by atoms with E-state index in [4.69, 9.17) is 4.98 Å². The van der Waals surface area contributed by atoms with Crippen LogP contribution in [0.5, 0.6) is 0 Å². The van der Waals surface area contributed by atoms with E-state index >= 15 is 0 Å². The molecule has 0 saturated carbocycles. The molecule has 0 spiro atoms. The van der Waals surface area contributed by atoms with Gasteiger partial charge in [-0.3, -0.25) is 14.2 Å². The van der Waals surface area contributed by atoms with Crippen LogP contribution in [-0.4, -0.2) is 35.0 Å². The highest BCUT2D eigenvalue weighted by Gasteiger charge is 2.23. The summed E-state index contributed by atoms with van der Waals surface area (Å²) in [5.41, 5.74) is 2.23. The third kappa shape index (κ3) is 2.84. The fraction of sp³-hybridized carbons (Fsp3) is 0.412. The molecule has 0 aliphatic carbocycles. The van der Waals surface area contributed by atoms with Crippen molar-refractivity contribution in [1.29, 1.82) is 0 Å². The molecule has 130 valence electrons. The number of rotatable bonds is 4. The summed E-state index contributed by atoms with van der Waals surface area (Å²) in [4.78, 5) is 17.5. The van der Waals surface area contributed by atoms with Crippen molar-refractivity contribution in [2.24, 2.45) is 7.05 Å². The van der Waals surface area contributed by atoms with Gasteiger partial charge in [0.1, 0.15) is 17.3 Å². The van der Waals surface area contributed by atoms with Crippen molar-refractivity contribution in [2.75, 3.05) is 5.32 Å². The van der Waals surface area contributed by atoms with Gasteiger partial charge in [0.25, 0.3) is 5.91 Å². The van der Waals surface area contributed by atoms with Crippen molar-refractivity contribution in [1.82, 2.24) is 29.1 Å². The van der Waals surface area contributed by atoms with Gasteiger partial charge in [0.15, 0.2) is 0 Å². The van der Waals surface area contributed by atoms with Crippen molar-refractivity contribution in [3.63, 3.8) is 0 Å². The Kier molecular flexibility index (Phi) is 3.87. The van der Waals surface area contributed by atoms with Crippen LogP contribution in [0, 0.1) is 0 Å². The monoisotopic (exact) mass is 339 g/mol. The van der Waals surface area contributed by atoms with E-state index in [1.807, 2.05) is 20.2 Å². The number of fused-ring (bicyclic) bond motifs is 1. The van der Waals surface area contributed by atoms with Crippen molar-refractivity contribution in [2.45, 2.75) is 39.3 Å². The second kappa shape index (κ2) is 6.19. The van der Waals surface area contributed by atoms with Gasteiger partial charge in [-0.2, -0.15) is 10.2 Å². The van der Waals surface area contributed by atoms with Crippen LogP contribution in [0.15, 0.2) is 24.8 Å². The molecule has 4 rings (SSSR count). The number of hydrogen-bond donors (Lipinski definition) is 1. The van der Waals surface area contributed by atoms with Gasteiger partial charge in [0.05, 0.1) is 18.0 Å². The highest BCUT2D eigenvalue weighted by molar-refractivity contribution is 6.05. The molecule has 0 aromatic carbocycles. The molecular weight excluding hydrogens is 318 g/mol. The molecule has 1 N–H and O–H groups in total. The number of hydrogen-bond acceptors (Lipinski definition) is 4. The number of nitrogens with zero attached hydrogens (tertiary/aromatic N) is 6. The molecule has 3 aromatic heterocycles. The fourth-order valence-corrected chi connectivity index (χ4v) is 3.19. The molecular formula is C17H21N7O. The first-order valence-electron chi connectivity index (χ1n) is 8.58. The first-order chi connectivity index (χ1) is 12.2. The van der Waals surface area contributed by atoms with E-state index in [9.17, 15) is 4.79 Å². The number of aromatic nitrogens is 6. The number of imidazole rings is 1. The third-order valence-corrected chi connectivity index (χ3v) is 4.51. The zero-order valence-corrected chi connectivity index (χ0v) is 14.4. The molecule has 0 saturated heterocycles. The summed E-state index contributed by atoms with van der Waals surface area (Å²) in [5.74, 6) is 1.60. The largest absolute Gasteiger partial charge is 0.314 e. The molecule has 8 heteroatoms. The van der Waals surface area contributed by atoms with Gasteiger partial charge < -0.3 is 9.88 Å². The highest BCUT2D eigenvalue weighted by atomic mass is 16.1. The van der Waals surface area contributed by atoms with E-state index in [-0.39, 0.29) is 5.91 Å². The maximum absolute atomic E-state index is 12.7. The summed E-state index contributed by atoms with van der Waals surface area (Å²) in [6, 6.07) is 0. The Morgan fingerprint density at radius 1 is 1.24 bits per heavy atom. The Hall–Kier alpha value is -2.90. The van der Waals surface area contributed by atoms with Gasteiger partial charge in [-0.15, -0.1) is 0 Å². The van der Waals surface area contributed by atoms with E-state index in [1.165, 1.54) is 0 Å². The van der Waals surface area contributed by atoms with Crippen molar-refractivity contribution < 1.29 is 4.79 Å². The quantitative estimate of drug-likeness (QED) is 0.789. The average molecular weight is 339 g/mol. The molecule has 0 unspecified atom stereocenters. The maximum atomic E-state index is 12.7. The molecule has 1 aliphatic heterocycles. The van der Waals surface area contributed by atoms with E-state index in [0.29, 0.717) is 5.56 Å². The third-order valence-electron chi connectivity index (χ3n) is 4.51. The summed E-state index contributed by atoms with van der Waals surface area (Å²) in [6.45, 7) is 3.59. The van der Waals surface area contributed by atoms with Gasteiger partial charge in [-0.25, -0.2) is 4.98 Å². The minimum absolute atomic E-state index is 0.168. The van der Waals surface area contributed by atoms with Crippen LogP contribution in [0.2, 0.25) is 0 Å². The van der Waals surface area contributed by atoms with E-state index in [0.717, 1.165) is 55.3 Å². The number of nitrogens with one attached hydrogen (secondary N) is 1. The van der Waals surface area contributed by atoms with Gasteiger partial charge in [0, 0.05) is 44.5 Å². The predicted octanol–water partition coefficient (Wildman–Crippen LogP) is 2.09. The predicted molar refractivity (Wildman–Crippen MR) is 93.2 cm³/mol. The first kappa shape index (κ1) is 15.6. The Morgan fingerprint density at radius 3 is 2.84 bits per heavy atom. The number of amides is 1. The van der Waals surface area contributed by atoms with Gasteiger partial charge >= 0.3 is 0 Å². The normalized spacial score (nSPS) is 13.7. The Labute approximate surface area is 145 Å². The standard InChI is InChI=1S/C17H21N7O/c1-3-23-11-13(9-19-23)17(25)21-16-15(12-8-18-22(2)10-12)20-14-6-4-5-7-24(14)16/h8-11H,3-7H2,1-2H3,(H,21,25). The van der Waals surface area contributed by atoms with Crippen molar-refractivity contribution >= 4 is 11.7 Å². The van der Waals surface area contributed by atoms with E-state index < -0.39 is 0 Å². The first-order valence-corrected chi connectivity index (χ1v) is 8.58. The summed E-state index contributed by atoms with van der Waals surface area (Å²) < 4.78 is 5.60. The second-order valence-corrected chi connectivity index (χ2v) is 6.28. The van der Waals surface area contributed by atoms with Crippen LogP contribution >= 0.6 is 0 Å². The molecule has 25 heavy (non-hydrogen) atoms. The lowest BCUT2D eigenvalue weighted by molar-refractivity contribution is 0.102. The fourth-order valence-electron chi connectivity index (χ4n) is 3.19. The SMILES string of the molecule is CCn1cc(C(=O)Nc2c(-c3cnn(C)c3)nc3n2CCCC3)cn1. The average Bonchev–Trinajstić information content (AvgIpc) is 3.33. The van der Waals surface area contributed by atoms with Crippen molar-refractivity contribution in [3.05, 3.63) is 36.2 Å². The van der Waals surface area contributed by atoms with E-state index in [2.05, 4.69) is 20.1 Å². The lowest BCUT2D eigenvalue weighted by Crippen LogP contribution is -2.18. The van der Waals surface area contributed by atoms with Crippen LogP contribution in [0.25, 0.3) is 11.3 Å². The summed E-state index contributed by atoms with van der Waals surface area (Å²) in [5, 5.41) is 11.5. The number of aryl methyl sites for hydroxylation is 3. The van der Waals surface area contributed by atoms with Gasteiger partial charge in [0.2, 0.25) is 0 Å². The zero-order valence-electron chi connectivity index (χ0n) is 14.4. The lowest BCUT2D eigenvalue weighted by atomic mass is 10.2. The Bertz CT molecular complexity index is 917. The number of carbonyl (C=O) groups excluding carboxylic acids is 1. The smallest absolute Gasteiger partial charge is 0.260 e. The van der Waals surface area contributed by atoms with Gasteiger partial charge in [-0.05, 0) is 19.8 Å². The Morgan fingerprint density at radius 2 is 2.12 bits per heavy atom. The minimum Gasteiger partial charge on any atom is -0.314 e. The molecule has 0 bridgehead atoms. The summed E-state index contributed by atoms with van der Waals surface area (Å²) in [6.07, 6.45) is 10.2. The molecule has 1 amide bonds. The topological polar surface area (TPSA) is 82.6 Å². The van der Waals surface area contributed by atoms with Crippen LogP contribution in [0.4, 0.5) is 5.82 Å². The van der Waals surface area contributed by atoms with Crippen LogP contribution in [-0.2, 0) is 26.6 Å². The maximum Gasteiger partial charge on any atom is 0.260 e. The van der Waals surface area contributed by atoms with Crippen LogP contribution in [0.3, 0.4) is 0 Å². The number of anilines is 1. The molecule has 8 nitrogen and oxygen atoms in total. The molecule has 0 fully saturated rings. The second-order valence-electron chi connectivity index (χ2n) is 6.28. The van der Waals surface area contributed by atoms with Gasteiger partial charge in [-0.1, -0.05) is 0 Å². The lowest BCUT2D eigenvalue weighted by Gasteiger charge is -2.16. The molecule has 0 atom stereocenters. The van der Waals surface area contributed by atoms with Crippen LogP contribution in [0.1, 0.15) is 35.9 Å². The summed E-state index contributed by atoms with van der Waals surface area (Å²) in [7, 11) is 1.87. The molecule has 0 radical (unpaired) electrons. The molecule has 4 heterocycles. The zero-order chi connectivity index (χ0) is 17.4. The Balaban J connectivity index is 1.72. The summed E-state index contributed by atoms with van der Waals surface area (Å²) >= 11 is 0. The van der Waals surface area contributed by atoms with Crippen LogP contribution < -0.4 is 5.32 Å². The number of carbonyl (C=O) groups is 1. The highest BCUT2D eigenvalue weighted by Crippen LogP contribution is 2.31. The van der Waals surface area contributed by atoms with E-state index in [1.54, 1.807) is 28.0 Å². The minimum atomic E-state index is -0.168. The molecule has 1 aliphatic rings. The molecule has 3 aromatic rings.